The van der Waals surface area contributed by atoms with Crippen molar-refractivity contribution in [1.82, 2.24) is 15.2 Å². The number of carbonyl (C=O) groups is 3. The van der Waals surface area contributed by atoms with E-state index < -0.39 is 17.5 Å². The van der Waals surface area contributed by atoms with Crippen LogP contribution < -0.4 is 5.32 Å². The van der Waals surface area contributed by atoms with Gasteiger partial charge < -0.3 is 10.2 Å². The smallest absolute Gasteiger partial charge is 0.249 e. The molecule has 30 heavy (non-hydrogen) atoms. The number of nitrogens with one attached hydrogen (secondary N) is 1. The summed E-state index contributed by atoms with van der Waals surface area (Å²) < 4.78 is 0. The van der Waals surface area contributed by atoms with E-state index in [9.17, 15) is 14.4 Å². The summed E-state index contributed by atoms with van der Waals surface area (Å²) in [6.45, 7) is 5.95. The van der Waals surface area contributed by atoms with E-state index >= 15 is 0 Å². The molecule has 0 aliphatic carbocycles. The summed E-state index contributed by atoms with van der Waals surface area (Å²) in [6, 6.07) is 14.0. The Morgan fingerprint density at radius 3 is 2.43 bits per heavy atom. The molecule has 0 bridgehead atoms. The second-order valence-corrected chi connectivity index (χ2v) is 9.51. The van der Waals surface area contributed by atoms with Crippen molar-refractivity contribution < 1.29 is 14.4 Å². The molecular formula is C23H27N3O3S. The second kappa shape index (κ2) is 9.43. The third kappa shape index (κ3) is 5.69. The van der Waals surface area contributed by atoms with Crippen molar-refractivity contribution >= 4 is 28.7 Å². The highest BCUT2D eigenvalue weighted by Crippen LogP contribution is 2.31. The Morgan fingerprint density at radius 1 is 1.17 bits per heavy atom. The van der Waals surface area contributed by atoms with Gasteiger partial charge in [0.2, 0.25) is 11.8 Å². The maximum absolute atomic E-state index is 13.5. The zero-order chi connectivity index (χ0) is 21.7. The molecule has 3 rings (SSSR count). The number of rotatable bonds is 6. The van der Waals surface area contributed by atoms with Gasteiger partial charge in [-0.15, -0.1) is 0 Å². The number of aromatic nitrogens is 1. The summed E-state index contributed by atoms with van der Waals surface area (Å²) in [5.74, 6) is -0.474. The number of benzene rings is 1. The molecule has 0 spiro atoms. The van der Waals surface area contributed by atoms with Crippen LogP contribution in [-0.2, 0) is 20.9 Å². The van der Waals surface area contributed by atoms with Gasteiger partial charge in [-0.25, -0.2) is 0 Å². The van der Waals surface area contributed by atoms with Crippen LogP contribution in [0.4, 0.5) is 0 Å². The Balaban J connectivity index is 2.01. The quantitative estimate of drug-likeness (QED) is 0.768. The topological polar surface area (TPSA) is 79.4 Å². The number of carbonyl (C=O) groups excluding carboxylic acids is 3. The van der Waals surface area contributed by atoms with Crippen LogP contribution in [0, 0.1) is 5.92 Å². The Kier molecular flexibility index (Phi) is 6.92. The molecule has 1 N–H and O–H groups in total. The zero-order valence-corrected chi connectivity index (χ0v) is 18.3. The maximum atomic E-state index is 13.5. The van der Waals surface area contributed by atoms with Crippen molar-refractivity contribution in [2.45, 2.75) is 45.3 Å². The summed E-state index contributed by atoms with van der Waals surface area (Å²) >= 11 is 1.18. The number of pyridine rings is 1. The van der Waals surface area contributed by atoms with Crippen molar-refractivity contribution in [2.75, 3.05) is 5.75 Å². The van der Waals surface area contributed by atoms with Gasteiger partial charge in [0.1, 0.15) is 0 Å². The lowest BCUT2D eigenvalue weighted by molar-refractivity contribution is -0.145. The predicted molar refractivity (Wildman–Crippen MR) is 117 cm³/mol. The van der Waals surface area contributed by atoms with Gasteiger partial charge in [0.15, 0.2) is 11.2 Å². The molecule has 158 valence electrons. The van der Waals surface area contributed by atoms with Gasteiger partial charge in [0.05, 0.1) is 11.6 Å². The van der Waals surface area contributed by atoms with Crippen LogP contribution >= 0.6 is 11.8 Å². The minimum atomic E-state index is -0.890. The lowest BCUT2D eigenvalue weighted by Crippen LogP contribution is -2.50. The second-order valence-electron chi connectivity index (χ2n) is 8.43. The summed E-state index contributed by atoms with van der Waals surface area (Å²) in [7, 11) is 0. The van der Waals surface area contributed by atoms with Gasteiger partial charge in [-0.3, -0.25) is 19.4 Å². The van der Waals surface area contributed by atoms with E-state index in [0.717, 1.165) is 5.56 Å². The fourth-order valence-corrected chi connectivity index (χ4v) is 4.36. The fraction of sp³-hybridized carbons (Fsp3) is 0.391. The molecule has 2 amide bonds. The Hall–Kier alpha value is -2.67. The van der Waals surface area contributed by atoms with E-state index in [0.29, 0.717) is 11.4 Å². The van der Waals surface area contributed by atoms with Crippen LogP contribution in [0.5, 0.6) is 0 Å². The SMILES string of the molecule is CC(C)(C)NC(=O)C(c1ccccn1)N(Cc1ccccc1)C(=O)C1CSC(=O)C1. The number of thioether (sulfide) groups is 1. The lowest BCUT2D eigenvalue weighted by atomic mass is 10.0. The molecule has 2 aromatic rings. The van der Waals surface area contributed by atoms with E-state index in [-0.39, 0.29) is 29.9 Å². The number of hydrogen-bond donors (Lipinski definition) is 1. The fourth-order valence-electron chi connectivity index (χ4n) is 3.39. The van der Waals surface area contributed by atoms with Crippen molar-refractivity contribution in [3.63, 3.8) is 0 Å². The number of hydrogen-bond acceptors (Lipinski definition) is 5. The average Bonchev–Trinajstić information content (AvgIpc) is 3.13. The Bertz CT molecular complexity index is 897. The molecule has 1 aliphatic heterocycles. The first kappa shape index (κ1) is 22.0. The van der Waals surface area contributed by atoms with E-state index in [2.05, 4.69) is 10.3 Å². The van der Waals surface area contributed by atoms with Crippen LogP contribution in [0.1, 0.15) is 44.5 Å². The normalized spacial score (nSPS) is 17.4. The predicted octanol–water partition coefficient (Wildman–Crippen LogP) is 3.35. The maximum Gasteiger partial charge on any atom is 0.249 e. The third-order valence-electron chi connectivity index (χ3n) is 4.71. The molecule has 0 saturated carbocycles. The summed E-state index contributed by atoms with van der Waals surface area (Å²) in [4.78, 5) is 44.7. The van der Waals surface area contributed by atoms with Crippen LogP contribution in [0.3, 0.4) is 0 Å². The van der Waals surface area contributed by atoms with Crippen molar-refractivity contribution in [3.05, 3.63) is 66.0 Å². The van der Waals surface area contributed by atoms with Gasteiger partial charge in [-0.2, -0.15) is 0 Å². The molecule has 6 nitrogen and oxygen atoms in total. The average molecular weight is 426 g/mol. The van der Waals surface area contributed by atoms with Gasteiger partial charge in [-0.05, 0) is 38.5 Å². The molecule has 1 aliphatic rings. The van der Waals surface area contributed by atoms with Crippen molar-refractivity contribution in [2.24, 2.45) is 5.92 Å². The van der Waals surface area contributed by atoms with Crippen molar-refractivity contribution in [1.29, 1.82) is 0 Å². The van der Waals surface area contributed by atoms with Gasteiger partial charge in [-0.1, -0.05) is 48.2 Å². The van der Waals surface area contributed by atoms with Gasteiger partial charge in [0.25, 0.3) is 0 Å². The van der Waals surface area contributed by atoms with E-state index in [1.807, 2.05) is 51.1 Å². The first-order chi connectivity index (χ1) is 14.2. The molecule has 2 heterocycles. The molecule has 7 heteroatoms. The third-order valence-corrected chi connectivity index (χ3v) is 5.77. The van der Waals surface area contributed by atoms with E-state index in [1.165, 1.54) is 11.8 Å². The highest BCUT2D eigenvalue weighted by molar-refractivity contribution is 8.14. The van der Waals surface area contributed by atoms with Gasteiger partial charge in [0, 0.05) is 30.5 Å². The molecule has 1 saturated heterocycles. The number of nitrogens with zero attached hydrogens (tertiary/aromatic N) is 2. The zero-order valence-electron chi connectivity index (χ0n) is 17.5. The molecule has 1 aromatic carbocycles. The minimum Gasteiger partial charge on any atom is -0.349 e. The van der Waals surface area contributed by atoms with Crippen LogP contribution in [0.2, 0.25) is 0 Å². The monoisotopic (exact) mass is 425 g/mol. The first-order valence-corrected chi connectivity index (χ1v) is 11.0. The highest BCUT2D eigenvalue weighted by atomic mass is 32.2. The van der Waals surface area contributed by atoms with Crippen LogP contribution in [0.25, 0.3) is 0 Å². The highest BCUT2D eigenvalue weighted by Gasteiger charge is 2.39. The molecule has 2 atom stereocenters. The van der Waals surface area contributed by atoms with Crippen LogP contribution in [-0.4, -0.2) is 38.1 Å². The Labute approximate surface area is 181 Å². The van der Waals surface area contributed by atoms with Crippen molar-refractivity contribution in [3.8, 4) is 0 Å². The standard InChI is InChI=1S/C23H27N3O3S/c1-23(2,3)25-21(28)20(18-11-7-8-12-24-18)26(14-16-9-5-4-6-10-16)22(29)17-13-19(27)30-15-17/h4-12,17,20H,13-15H2,1-3H3,(H,25,28). The Morgan fingerprint density at radius 2 is 1.87 bits per heavy atom. The summed E-state index contributed by atoms with van der Waals surface area (Å²) in [5.41, 5.74) is 0.943. The van der Waals surface area contributed by atoms with E-state index in [4.69, 9.17) is 0 Å². The summed E-state index contributed by atoms with van der Waals surface area (Å²) in [6.07, 6.45) is 1.82. The number of amides is 2. The lowest BCUT2D eigenvalue weighted by Gasteiger charge is -2.34. The van der Waals surface area contributed by atoms with Gasteiger partial charge >= 0.3 is 0 Å². The van der Waals surface area contributed by atoms with Crippen LogP contribution in [0.15, 0.2) is 54.7 Å². The minimum absolute atomic E-state index is 0.0153. The summed E-state index contributed by atoms with van der Waals surface area (Å²) in [5, 5.41) is 3.01. The first-order valence-electron chi connectivity index (χ1n) is 9.97. The molecule has 1 fully saturated rings. The molecule has 0 radical (unpaired) electrons. The molecule has 1 aromatic heterocycles. The molecule has 2 unspecified atom stereocenters. The van der Waals surface area contributed by atoms with E-state index in [1.54, 1.807) is 29.3 Å². The molecular weight excluding hydrogens is 398 g/mol. The largest absolute Gasteiger partial charge is 0.349 e.